The maximum absolute atomic E-state index is 4.54. The first-order valence-electron chi connectivity index (χ1n) is 11.0. The third-order valence-electron chi connectivity index (χ3n) is 7.19. The molecular formula is C22H37N5. The SMILES string of the molecule is CC(C)c1ncc(N2CCN(C3CCC4(CC3)CN(C(C)C)C4)CC2)cn1. The molecule has 3 fully saturated rings. The Bertz CT molecular complexity index is 602. The Morgan fingerprint density at radius 3 is 2.04 bits per heavy atom. The maximum Gasteiger partial charge on any atom is 0.130 e. The molecule has 2 saturated heterocycles. The Morgan fingerprint density at radius 1 is 0.926 bits per heavy atom. The van der Waals surface area contributed by atoms with E-state index < -0.39 is 0 Å². The zero-order valence-corrected chi connectivity index (χ0v) is 17.7. The zero-order valence-electron chi connectivity index (χ0n) is 17.7. The van der Waals surface area contributed by atoms with Gasteiger partial charge in [0.05, 0.1) is 18.1 Å². The van der Waals surface area contributed by atoms with Gasteiger partial charge in [-0.2, -0.15) is 0 Å². The molecule has 0 radical (unpaired) electrons. The molecule has 1 saturated carbocycles. The van der Waals surface area contributed by atoms with Gasteiger partial charge in [0.2, 0.25) is 0 Å². The van der Waals surface area contributed by atoms with Crippen LogP contribution in [-0.4, -0.2) is 71.1 Å². The van der Waals surface area contributed by atoms with Crippen LogP contribution < -0.4 is 4.90 Å². The van der Waals surface area contributed by atoms with Crippen molar-refractivity contribution in [1.82, 2.24) is 19.8 Å². The number of piperazine rings is 1. The van der Waals surface area contributed by atoms with Gasteiger partial charge in [-0.1, -0.05) is 13.8 Å². The maximum atomic E-state index is 4.54. The summed E-state index contributed by atoms with van der Waals surface area (Å²) in [5.74, 6) is 1.34. The molecule has 27 heavy (non-hydrogen) atoms. The molecular weight excluding hydrogens is 334 g/mol. The predicted octanol–water partition coefficient (Wildman–Crippen LogP) is 3.38. The summed E-state index contributed by atoms with van der Waals surface area (Å²) < 4.78 is 0. The minimum atomic E-state index is 0.397. The molecule has 0 unspecified atom stereocenters. The number of likely N-dealkylation sites (tertiary alicyclic amines) is 1. The lowest BCUT2D eigenvalue weighted by Gasteiger charge is -2.56. The molecule has 0 amide bonds. The van der Waals surface area contributed by atoms with Crippen LogP contribution >= 0.6 is 0 Å². The molecule has 1 aromatic rings. The van der Waals surface area contributed by atoms with Gasteiger partial charge in [-0.05, 0) is 44.9 Å². The largest absolute Gasteiger partial charge is 0.366 e. The summed E-state index contributed by atoms with van der Waals surface area (Å²) in [6.07, 6.45) is 9.70. The molecule has 0 bridgehead atoms. The lowest BCUT2D eigenvalue weighted by atomic mass is 9.67. The molecule has 150 valence electrons. The molecule has 0 aromatic carbocycles. The van der Waals surface area contributed by atoms with E-state index in [9.17, 15) is 0 Å². The van der Waals surface area contributed by atoms with Crippen molar-refractivity contribution in [2.24, 2.45) is 5.41 Å². The third-order valence-corrected chi connectivity index (χ3v) is 7.19. The Hall–Kier alpha value is -1.20. The molecule has 1 aliphatic carbocycles. The lowest BCUT2D eigenvalue weighted by Crippen LogP contribution is -2.61. The first-order valence-corrected chi connectivity index (χ1v) is 11.0. The number of rotatable bonds is 4. The standard InChI is InChI=1S/C22H37N5/c1-17(2)21-23-13-20(14-24-21)26-11-9-25(10-12-26)19-5-7-22(8-6-19)15-27(16-22)18(3)4/h13-14,17-19H,5-12,15-16H2,1-4H3. The normalized spacial score (nSPS) is 24.7. The molecule has 3 heterocycles. The Morgan fingerprint density at radius 2 is 1.52 bits per heavy atom. The highest BCUT2D eigenvalue weighted by Gasteiger charge is 2.46. The van der Waals surface area contributed by atoms with Crippen LogP contribution in [0.3, 0.4) is 0 Å². The average Bonchev–Trinajstić information content (AvgIpc) is 2.66. The minimum Gasteiger partial charge on any atom is -0.366 e. The van der Waals surface area contributed by atoms with Crippen molar-refractivity contribution in [2.45, 2.75) is 71.4 Å². The highest BCUT2D eigenvalue weighted by atomic mass is 15.3. The first kappa shape index (κ1) is 19.1. The van der Waals surface area contributed by atoms with Crippen molar-refractivity contribution < 1.29 is 0 Å². The molecule has 4 rings (SSSR count). The molecule has 0 atom stereocenters. The van der Waals surface area contributed by atoms with Crippen LogP contribution in [-0.2, 0) is 0 Å². The monoisotopic (exact) mass is 371 g/mol. The van der Waals surface area contributed by atoms with Gasteiger partial charge in [0.25, 0.3) is 0 Å². The van der Waals surface area contributed by atoms with Gasteiger partial charge < -0.3 is 4.90 Å². The highest BCUT2D eigenvalue weighted by molar-refractivity contribution is 5.42. The fraction of sp³-hybridized carbons (Fsp3) is 0.818. The van der Waals surface area contributed by atoms with Crippen LogP contribution in [0.4, 0.5) is 5.69 Å². The summed E-state index contributed by atoms with van der Waals surface area (Å²) in [6.45, 7) is 16.2. The van der Waals surface area contributed by atoms with Crippen LogP contribution in [0.25, 0.3) is 0 Å². The van der Waals surface area contributed by atoms with Gasteiger partial charge in [0, 0.05) is 57.3 Å². The summed E-state index contributed by atoms with van der Waals surface area (Å²) in [4.78, 5) is 16.9. The Kier molecular flexibility index (Phi) is 5.43. The van der Waals surface area contributed by atoms with Crippen molar-refractivity contribution in [3.63, 3.8) is 0 Å². The van der Waals surface area contributed by atoms with Crippen LogP contribution in [0.1, 0.15) is 65.1 Å². The lowest BCUT2D eigenvalue weighted by molar-refractivity contribution is -0.0612. The van der Waals surface area contributed by atoms with E-state index >= 15 is 0 Å². The minimum absolute atomic E-state index is 0.397. The van der Waals surface area contributed by atoms with Gasteiger partial charge in [0.1, 0.15) is 5.82 Å². The number of nitrogens with zero attached hydrogens (tertiary/aromatic N) is 5. The van der Waals surface area contributed by atoms with Crippen molar-refractivity contribution >= 4 is 5.69 Å². The van der Waals surface area contributed by atoms with Gasteiger partial charge in [-0.15, -0.1) is 0 Å². The van der Waals surface area contributed by atoms with Crippen molar-refractivity contribution in [3.05, 3.63) is 18.2 Å². The quantitative estimate of drug-likeness (QED) is 0.811. The predicted molar refractivity (Wildman–Crippen MR) is 111 cm³/mol. The number of anilines is 1. The van der Waals surface area contributed by atoms with E-state index in [1.165, 1.54) is 57.5 Å². The second-order valence-electron chi connectivity index (χ2n) is 9.71. The summed E-state index contributed by atoms with van der Waals surface area (Å²) in [7, 11) is 0. The van der Waals surface area contributed by atoms with Crippen molar-refractivity contribution in [3.8, 4) is 0 Å². The first-order chi connectivity index (χ1) is 13.0. The van der Waals surface area contributed by atoms with E-state index in [1.54, 1.807) is 0 Å². The zero-order chi connectivity index (χ0) is 19.0. The summed E-state index contributed by atoms with van der Waals surface area (Å²) >= 11 is 0. The van der Waals surface area contributed by atoms with E-state index in [0.29, 0.717) is 11.3 Å². The summed E-state index contributed by atoms with van der Waals surface area (Å²) in [6, 6.07) is 1.53. The second-order valence-corrected chi connectivity index (χ2v) is 9.71. The number of hydrogen-bond acceptors (Lipinski definition) is 5. The second kappa shape index (κ2) is 7.67. The van der Waals surface area contributed by atoms with Crippen LogP contribution in [0.15, 0.2) is 12.4 Å². The summed E-state index contributed by atoms with van der Waals surface area (Å²) in [5.41, 5.74) is 1.85. The smallest absolute Gasteiger partial charge is 0.130 e. The fourth-order valence-corrected chi connectivity index (χ4v) is 5.21. The molecule has 3 aliphatic rings. The molecule has 5 heteroatoms. The van der Waals surface area contributed by atoms with E-state index in [1.807, 2.05) is 12.4 Å². The molecule has 2 aliphatic heterocycles. The van der Waals surface area contributed by atoms with Gasteiger partial charge in [-0.25, -0.2) is 9.97 Å². The van der Waals surface area contributed by atoms with E-state index in [2.05, 4.69) is 52.4 Å². The molecule has 1 aromatic heterocycles. The highest BCUT2D eigenvalue weighted by Crippen LogP contribution is 2.45. The molecule has 0 N–H and O–H groups in total. The Balaban J connectivity index is 1.24. The molecule has 5 nitrogen and oxygen atoms in total. The van der Waals surface area contributed by atoms with E-state index in [0.717, 1.165) is 31.0 Å². The van der Waals surface area contributed by atoms with Gasteiger partial charge in [-0.3, -0.25) is 9.80 Å². The molecule has 1 spiro atoms. The van der Waals surface area contributed by atoms with Crippen LogP contribution in [0.5, 0.6) is 0 Å². The van der Waals surface area contributed by atoms with Gasteiger partial charge >= 0.3 is 0 Å². The van der Waals surface area contributed by atoms with E-state index in [-0.39, 0.29) is 0 Å². The number of aromatic nitrogens is 2. The van der Waals surface area contributed by atoms with E-state index in [4.69, 9.17) is 0 Å². The van der Waals surface area contributed by atoms with Crippen molar-refractivity contribution in [2.75, 3.05) is 44.2 Å². The number of hydrogen-bond donors (Lipinski definition) is 0. The van der Waals surface area contributed by atoms with Gasteiger partial charge in [0.15, 0.2) is 0 Å². The fourth-order valence-electron chi connectivity index (χ4n) is 5.21. The average molecular weight is 372 g/mol. The van der Waals surface area contributed by atoms with Crippen LogP contribution in [0.2, 0.25) is 0 Å². The third kappa shape index (κ3) is 4.00. The Labute approximate surface area is 165 Å². The van der Waals surface area contributed by atoms with Crippen LogP contribution in [0, 0.1) is 5.41 Å². The topological polar surface area (TPSA) is 35.5 Å². The summed E-state index contributed by atoms with van der Waals surface area (Å²) in [5, 5.41) is 0. The van der Waals surface area contributed by atoms with Crippen molar-refractivity contribution in [1.29, 1.82) is 0 Å².